The van der Waals surface area contributed by atoms with Crippen LogP contribution in [0.5, 0.6) is 5.75 Å². The first kappa shape index (κ1) is 17.3. The number of ether oxygens (including phenoxy) is 1. The van der Waals surface area contributed by atoms with Crippen molar-refractivity contribution >= 4 is 5.91 Å². The van der Waals surface area contributed by atoms with E-state index in [1.54, 1.807) is 41.6 Å². The molecule has 1 heterocycles. The summed E-state index contributed by atoms with van der Waals surface area (Å²) in [5.74, 6) is -2.50. The number of carbonyl (C=O) groups excluding carboxylic acids is 1. The maximum Gasteiger partial charge on any atom is 0.288 e. The van der Waals surface area contributed by atoms with Gasteiger partial charge in [0.05, 0.1) is 6.42 Å². The Bertz CT molecular complexity index is 733. The quantitative estimate of drug-likeness (QED) is 0.796. The normalized spacial score (nSPS) is 18.0. The van der Waals surface area contributed by atoms with E-state index in [4.69, 9.17) is 4.74 Å². The molecule has 25 heavy (non-hydrogen) atoms. The first-order valence-corrected chi connectivity index (χ1v) is 8.21. The number of alkyl halides is 2. The molecule has 6 heteroatoms. The van der Waals surface area contributed by atoms with Crippen LogP contribution in [0.25, 0.3) is 0 Å². The number of nitrogens with zero attached hydrogens (tertiary/aromatic N) is 2. The summed E-state index contributed by atoms with van der Waals surface area (Å²) in [5.41, 5.74) is 1.44. The second-order valence-electron chi connectivity index (χ2n) is 6.48. The van der Waals surface area contributed by atoms with E-state index in [2.05, 4.69) is 4.98 Å². The molecule has 0 spiro atoms. The maximum absolute atomic E-state index is 12.9. The minimum Gasteiger partial charge on any atom is -0.484 e. The monoisotopic (exact) mass is 346 g/mol. The van der Waals surface area contributed by atoms with Crippen molar-refractivity contribution in [3.8, 4) is 5.75 Å². The van der Waals surface area contributed by atoms with Gasteiger partial charge in [-0.2, -0.15) is 0 Å². The van der Waals surface area contributed by atoms with Gasteiger partial charge in [0, 0.05) is 30.5 Å². The number of pyridine rings is 1. The fourth-order valence-electron chi connectivity index (χ4n) is 2.50. The molecule has 0 radical (unpaired) electrons. The Kier molecular flexibility index (Phi) is 4.70. The molecule has 0 aliphatic heterocycles. The molecule has 1 unspecified atom stereocenters. The zero-order valence-corrected chi connectivity index (χ0v) is 14.2. The Balaban J connectivity index is 1.69. The van der Waals surface area contributed by atoms with Crippen LogP contribution in [0.15, 0.2) is 48.8 Å². The number of halogens is 2. The van der Waals surface area contributed by atoms with Crippen molar-refractivity contribution in [2.45, 2.75) is 44.9 Å². The van der Waals surface area contributed by atoms with E-state index in [1.807, 2.05) is 26.0 Å². The van der Waals surface area contributed by atoms with Gasteiger partial charge in [0.25, 0.3) is 11.8 Å². The topological polar surface area (TPSA) is 42.4 Å². The number of amides is 1. The second kappa shape index (κ2) is 6.78. The van der Waals surface area contributed by atoms with Gasteiger partial charge >= 0.3 is 0 Å². The molecule has 1 fully saturated rings. The highest BCUT2D eigenvalue weighted by atomic mass is 19.3. The van der Waals surface area contributed by atoms with Gasteiger partial charge in [-0.1, -0.05) is 6.07 Å². The molecule has 0 saturated heterocycles. The minimum atomic E-state index is -2.73. The molecule has 4 nitrogen and oxygen atoms in total. The van der Waals surface area contributed by atoms with E-state index in [1.165, 1.54) is 0 Å². The van der Waals surface area contributed by atoms with E-state index in [-0.39, 0.29) is 18.4 Å². The SMILES string of the molecule is CC(C)N(Cc1cccnc1)C(=O)c1ccc(OC2CC2(F)F)cc1. The molecule has 1 aromatic carbocycles. The highest BCUT2D eigenvalue weighted by Crippen LogP contribution is 2.44. The van der Waals surface area contributed by atoms with Crippen molar-refractivity contribution in [3.05, 3.63) is 59.9 Å². The Morgan fingerprint density at radius 2 is 2.00 bits per heavy atom. The number of hydrogen-bond acceptors (Lipinski definition) is 3. The number of aromatic nitrogens is 1. The number of benzene rings is 1. The molecule has 1 atom stereocenters. The van der Waals surface area contributed by atoms with Crippen LogP contribution in [-0.2, 0) is 6.54 Å². The average Bonchev–Trinajstić information content (AvgIpc) is 3.19. The molecule has 1 saturated carbocycles. The molecular weight excluding hydrogens is 326 g/mol. The first-order valence-electron chi connectivity index (χ1n) is 8.21. The molecule has 1 aliphatic rings. The zero-order chi connectivity index (χ0) is 18.0. The fourth-order valence-corrected chi connectivity index (χ4v) is 2.50. The molecule has 3 rings (SSSR count). The van der Waals surface area contributed by atoms with Crippen LogP contribution in [0, 0.1) is 0 Å². The summed E-state index contributed by atoms with van der Waals surface area (Å²) in [7, 11) is 0. The van der Waals surface area contributed by atoms with Gasteiger partial charge in [0.1, 0.15) is 5.75 Å². The van der Waals surface area contributed by atoms with E-state index in [9.17, 15) is 13.6 Å². The lowest BCUT2D eigenvalue weighted by Crippen LogP contribution is -2.36. The summed E-state index contributed by atoms with van der Waals surface area (Å²) >= 11 is 0. The van der Waals surface area contributed by atoms with Gasteiger partial charge in [-0.3, -0.25) is 9.78 Å². The standard InChI is InChI=1S/C19H20F2N2O2/c1-13(2)23(12-14-4-3-9-22-11-14)18(24)15-5-7-16(8-6-15)25-17-10-19(17,20)21/h3-9,11,13,17H,10,12H2,1-2H3. The highest BCUT2D eigenvalue weighted by Gasteiger charge is 2.59. The van der Waals surface area contributed by atoms with Crippen LogP contribution in [0.3, 0.4) is 0 Å². The average molecular weight is 346 g/mol. The molecule has 1 aromatic heterocycles. The van der Waals surface area contributed by atoms with Crippen LogP contribution in [-0.4, -0.2) is 33.9 Å². The second-order valence-corrected chi connectivity index (χ2v) is 6.48. The van der Waals surface area contributed by atoms with Gasteiger partial charge in [-0.15, -0.1) is 0 Å². The van der Waals surface area contributed by atoms with Crippen molar-refractivity contribution in [3.63, 3.8) is 0 Å². The number of hydrogen-bond donors (Lipinski definition) is 0. The predicted molar refractivity (Wildman–Crippen MR) is 89.7 cm³/mol. The van der Waals surface area contributed by atoms with Gasteiger partial charge in [-0.05, 0) is 49.7 Å². The minimum absolute atomic E-state index is 0.00814. The van der Waals surface area contributed by atoms with Crippen LogP contribution >= 0.6 is 0 Å². The van der Waals surface area contributed by atoms with Gasteiger partial charge in [-0.25, -0.2) is 8.78 Å². The Hall–Kier alpha value is -2.50. The predicted octanol–water partition coefficient (Wildman–Crippen LogP) is 3.92. The van der Waals surface area contributed by atoms with Crippen molar-refractivity contribution < 1.29 is 18.3 Å². The first-order chi connectivity index (χ1) is 11.9. The van der Waals surface area contributed by atoms with Crippen molar-refractivity contribution in [2.24, 2.45) is 0 Å². The maximum atomic E-state index is 12.9. The number of carbonyl (C=O) groups is 1. The molecule has 0 bridgehead atoms. The van der Waals surface area contributed by atoms with Gasteiger partial charge < -0.3 is 9.64 Å². The summed E-state index contributed by atoms with van der Waals surface area (Å²) in [6.07, 6.45) is 2.12. The lowest BCUT2D eigenvalue weighted by molar-refractivity contribution is 0.0660. The van der Waals surface area contributed by atoms with E-state index in [0.29, 0.717) is 17.9 Å². The van der Waals surface area contributed by atoms with Gasteiger partial charge in [0.15, 0.2) is 6.10 Å². The summed E-state index contributed by atoms with van der Waals surface area (Å²) < 4.78 is 31.0. The molecular formula is C19H20F2N2O2. The zero-order valence-electron chi connectivity index (χ0n) is 14.2. The Morgan fingerprint density at radius 1 is 1.32 bits per heavy atom. The van der Waals surface area contributed by atoms with Crippen molar-refractivity contribution in [1.29, 1.82) is 0 Å². The van der Waals surface area contributed by atoms with E-state index in [0.717, 1.165) is 5.56 Å². The largest absolute Gasteiger partial charge is 0.484 e. The summed E-state index contributed by atoms with van der Waals surface area (Å²) in [4.78, 5) is 18.6. The summed E-state index contributed by atoms with van der Waals surface area (Å²) in [5, 5.41) is 0. The third-order valence-corrected chi connectivity index (χ3v) is 4.11. The fraction of sp³-hybridized carbons (Fsp3) is 0.368. The Morgan fingerprint density at radius 3 is 2.52 bits per heavy atom. The highest BCUT2D eigenvalue weighted by molar-refractivity contribution is 5.94. The third-order valence-electron chi connectivity index (χ3n) is 4.11. The van der Waals surface area contributed by atoms with E-state index >= 15 is 0 Å². The molecule has 1 amide bonds. The molecule has 132 valence electrons. The Labute approximate surface area is 145 Å². The van der Waals surface area contributed by atoms with Crippen LogP contribution in [0.4, 0.5) is 8.78 Å². The van der Waals surface area contributed by atoms with Crippen LogP contribution in [0.1, 0.15) is 36.2 Å². The third kappa shape index (κ3) is 4.13. The molecule has 2 aromatic rings. The van der Waals surface area contributed by atoms with Gasteiger partial charge in [0.2, 0.25) is 0 Å². The van der Waals surface area contributed by atoms with Crippen LogP contribution in [0.2, 0.25) is 0 Å². The lowest BCUT2D eigenvalue weighted by Gasteiger charge is -2.27. The molecule has 0 N–H and O–H groups in total. The summed E-state index contributed by atoms with van der Waals surface area (Å²) in [6, 6.07) is 10.1. The summed E-state index contributed by atoms with van der Waals surface area (Å²) in [6.45, 7) is 4.35. The van der Waals surface area contributed by atoms with E-state index < -0.39 is 12.0 Å². The van der Waals surface area contributed by atoms with Crippen LogP contribution < -0.4 is 4.74 Å². The van der Waals surface area contributed by atoms with Crippen molar-refractivity contribution in [1.82, 2.24) is 9.88 Å². The lowest BCUT2D eigenvalue weighted by atomic mass is 10.1. The molecule has 1 aliphatic carbocycles. The smallest absolute Gasteiger partial charge is 0.288 e. The van der Waals surface area contributed by atoms with Crippen molar-refractivity contribution in [2.75, 3.05) is 0 Å². The number of rotatable bonds is 6.